The Morgan fingerprint density at radius 1 is 0.957 bits per heavy atom. The Bertz CT molecular complexity index is 685. The molecular formula is C21H23NO. The number of aryl methyl sites for hydroxylation is 2. The molecule has 2 aromatic rings. The molecule has 0 N–H and O–H groups in total. The molecule has 0 aromatic heterocycles. The summed E-state index contributed by atoms with van der Waals surface area (Å²) in [6.07, 6.45) is 4.73. The lowest BCUT2D eigenvalue weighted by Gasteiger charge is -2.29. The highest BCUT2D eigenvalue weighted by atomic mass is 16.5. The van der Waals surface area contributed by atoms with Crippen LogP contribution in [0, 0.1) is 0 Å². The normalized spacial score (nSPS) is 21.3. The molecule has 4 rings (SSSR count). The minimum atomic E-state index is 0.169. The van der Waals surface area contributed by atoms with E-state index >= 15 is 0 Å². The molecule has 0 bridgehead atoms. The lowest BCUT2D eigenvalue weighted by molar-refractivity contribution is 0.00724. The standard InChI is InChI=1S/C21H23NO/c1-22-12-13-23-18(15-22)14-21-19-8-4-2-6-16(19)10-11-17-7-3-5-9-20(17)21/h2-9,14,18H,10-13,15H2,1H3. The van der Waals surface area contributed by atoms with Gasteiger partial charge in [0.1, 0.15) is 0 Å². The smallest absolute Gasteiger partial charge is 0.0892 e. The van der Waals surface area contributed by atoms with Gasteiger partial charge < -0.3 is 9.64 Å². The molecule has 1 aliphatic heterocycles. The van der Waals surface area contributed by atoms with Crippen LogP contribution in [0.25, 0.3) is 5.57 Å². The molecule has 0 radical (unpaired) electrons. The van der Waals surface area contributed by atoms with Crippen LogP contribution in [0.2, 0.25) is 0 Å². The first-order valence-corrected chi connectivity index (χ1v) is 8.50. The van der Waals surface area contributed by atoms with E-state index in [1.54, 1.807) is 0 Å². The summed E-state index contributed by atoms with van der Waals surface area (Å²) in [7, 11) is 2.17. The van der Waals surface area contributed by atoms with Crippen molar-refractivity contribution in [2.45, 2.75) is 18.9 Å². The van der Waals surface area contributed by atoms with Crippen LogP contribution in [-0.2, 0) is 17.6 Å². The first kappa shape index (κ1) is 14.7. The molecule has 1 fully saturated rings. The summed E-state index contributed by atoms with van der Waals surface area (Å²) >= 11 is 0. The van der Waals surface area contributed by atoms with Gasteiger partial charge in [0.2, 0.25) is 0 Å². The van der Waals surface area contributed by atoms with Crippen LogP contribution in [0.3, 0.4) is 0 Å². The molecule has 2 aliphatic rings. The highest BCUT2D eigenvalue weighted by Gasteiger charge is 2.21. The first-order chi connectivity index (χ1) is 11.3. The fraction of sp³-hybridized carbons (Fsp3) is 0.333. The Morgan fingerprint density at radius 2 is 1.57 bits per heavy atom. The maximum Gasteiger partial charge on any atom is 0.0892 e. The molecule has 118 valence electrons. The molecule has 0 spiro atoms. The third kappa shape index (κ3) is 2.97. The summed E-state index contributed by atoms with van der Waals surface area (Å²) in [4.78, 5) is 2.35. The van der Waals surface area contributed by atoms with Gasteiger partial charge in [0.25, 0.3) is 0 Å². The third-order valence-corrected chi connectivity index (χ3v) is 4.93. The van der Waals surface area contributed by atoms with Gasteiger partial charge in [-0.25, -0.2) is 0 Å². The fourth-order valence-electron chi connectivity index (χ4n) is 3.69. The average Bonchev–Trinajstić information content (AvgIpc) is 2.73. The number of nitrogens with zero attached hydrogens (tertiary/aromatic N) is 1. The number of hydrogen-bond donors (Lipinski definition) is 0. The van der Waals surface area contributed by atoms with Crippen molar-refractivity contribution in [2.24, 2.45) is 0 Å². The molecule has 1 unspecified atom stereocenters. The fourth-order valence-corrected chi connectivity index (χ4v) is 3.69. The van der Waals surface area contributed by atoms with E-state index in [1.165, 1.54) is 27.8 Å². The van der Waals surface area contributed by atoms with Crippen molar-refractivity contribution in [3.63, 3.8) is 0 Å². The Labute approximate surface area is 138 Å². The van der Waals surface area contributed by atoms with E-state index in [-0.39, 0.29) is 6.10 Å². The summed E-state index contributed by atoms with van der Waals surface area (Å²) in [5.74, 6) is 0. The molecule has 1 atom stereocenters. The summed E-state index contributed by atoms with van der Waals surface area (Å²) in [6.45, 7) is 2.80. The second-order valence-electron chi connectivity index (χ2n) is 6.57. The van der Waals surface area contributed by atoms with Crippen molar-refractivity contribution >= 4 is 5.57 Å². The van der Waals surface area contributed by atoms with Crippen molar-refractivity contribution in [2.75, 3.05) is 26.7 Å². The lowest BCUT2D eigenvalue weighted by Crippen LogP contribution is -2.39. The zero-order valence-corrected chi connectivity index (χ0v) is 13.7. The second kappa shape index (κ2) is 6.31. The summed E-state index contributed by atoms with van der Waals surface area (Å²) in [5.41, 5.74) is 6.97. The zero-order valence-electron chi connectivity index (χ0n) is 13.7. The molecule has 23 heavy (non-hydrogen) atoms. The monoisotopic (exact) mass is 305 g/mol. The van der Waals surface area contributed by atoms with Crippen molar-refractivity contribution in [1.82, 2.24) is 4.90 Å². The molecule has 1 aliphatic carbocycles. The number of morpholine rings is 1. The molecule has 0 saturated carbocycles. The molecule has 1 saturated heterocycles. The quantitative estimate of drug-likeness (QED) is 0.799. The van der Waals surface area contributed by atoms with Crippen LogP contribution in [-0.4, -0.2) is 37.7 Å². The van der Waals surface area contributed by atoms with E-state index < -0.39 is 0 Å². The van der Waals surface area contributed by atoms with Gasteiger partial charge in [-0.3, -0.25) is 0 Å². The maximum atomic E-state index is 6.00. The molecule has 1 heterocycles. The Kier molecular flexibility index (Phi) is 4.02. The summed E-state index contributed by atoms with van der Waals surface area (Å²) in [5, 5.41) is 0. The van der Waals surface area contributed by atoms with Crippen molar-refractivity contribution in [1.29, 1.82) is 0 Å². The number of hydrogen-bond acceptors (Lipinski definition) is 2. The molecular weight excluding hydrogens is 282 g/mol. The highest BCUT2D eigenvalue weighted by molar-refractivity contribution is 5.84. The second-order valence-corrected chi connectivity index (χ2v) is 6.57. The van der Waals surface area contributed by atoms with Gasteiger partial charge >= 0.3 is 0 Å². The van der Waals surface area contributed by atoms with E-state index in [9.17, 15) is 0 Å². The molecule has 2 heteroatoms. The SMILES string of the molecule is CN1CCOC(C=C2c3ccccc3CCc3ccccc32)C1. The number of rotatable bonds is 1. The van der Waals surface area contributed by atoms with E-state index in [4.69, 9.17) is 4.74 Å². The van der Waals surface area contributed by atoms with E-state index in [2.05, 4.69) is 66.6 Å². The van der Waals surface area contributed by atoms with Crippen LogP contribution in [0.5, 0.6) is 0 Å². The van der Waals surface area contributed by atoms with E-state index in [0.29, 0.717) is 0 Å². The van der Waals surface area contributed by atoms with Gasteiger partial charge in [-0.1, -0.05) is 48.5 Å². The number of fused-ring (bicyclic) bond motifs is 2. The molecule has 2 aromatic carbocycles. The summed E-state index contributed by atoms with van der Waals surface area (Å²) in [6, 6.07) is 17.6. The van der Waals surface area contributed by atoms with Gasteiger partial charge in [-0.15, -0.1) is 0 Å². The third-order valence-electron chi connectivity index (χ3n) is 4.93. The van der Waals surface area contributed by atoms with Gasteiger partial charge in [0.05, 0.1) is 12.7 Å². The van der Waals surface area contributed by atoms with Gasteiger partial charge in [0, 0.05) is 13.1 Å². The van der Waals surface area contributed by atoms with Gasteiger partial charge in [-0.05, 0) is 53.8 Å². The minimum Gasteiger partial charge on any atom is -0.371 e. The summed E-state index contributed by atoms with van der Waals surface area (Å²) < 4.78 is 6.00. The topological polar surface area (TPSA) is 12.5 Å². The Hall–Kier alpha value is -1.90. The first-order valence-electron chi connectivity index (χ1n) is 8.50. The minimum absolute atomic E-state index is 0.169. The van der Waals surface area contributed by atoms with Crippen LogP contribution in [0.15, 0.2) is 54.6 Å². The number of benzene rings is 2. The van der Waals surface area contributed by atoms with Crippen molar-refractivity contribution in [3.05, 3.63) is 76.9 Å². The Balaban J connectivity index is 1.83. The van der Waals surface area contributed by atoms with Crippen LogP contribution < -0.4 is 0 Å². The van der Waals surface area contributed by atoms with Crippen LogP contribution in [0.1, 0.15) is 22.3 Å². The number of likely N-dealkylation sites (N-methyl/N-ethyl adjacent to an activating group) is 1. The molecule has 2 nitrogen and oxygen atoms in total. The predicted octanol–water partition coefficient (Wildman–Crippen LogP) is 3.55. The van der Waals surface area contributed by atoms with Gasteiger partial charge in [-0.2, -0.15) is 0 Å². The average molecular weight is 305 g/mol. The largest absolute Gasteiger partial charge is 0.371 e. The highest BCUT2D eigenvalue weighted by Crippen LogP contribution is 2.34. The van der Waals surface area contributed by atoms with Crippen LogP contribution >= 0.6 is 0 Å². The van der Waals surface area contributed by atoms with Gasteiger partial charge in [0.15, 0.2) is 0 Å². The zero-order chi connectivity index (χ0) is 15.6. The van der Waals surface area contributed by atoms with E-state index in [0.717, 1.165) is 32.5 Å². The predicted molar refractivity (Wildman–Crippen MR) is 94.6 cm³/mol. The maximum absolute atomic E-state index is 6.00. The lowest BCUT2D eigenvalue weighted by atomic mass is 9.92. The van der Waals surface area contributed by atoms with Crippen LogP contribution in [0.4, 0.5) is 0 Å². The van der Waals surface area contributed by atoms with Crippen molar-refractivity contribution < 1.29 is 4.74 Å². The Morgan fingerprint density at radius 3 is 2.17 bits per heavy atom. The van der Waals surface area contributed by atoms with Crippen molar-refractivity contribution in [3.8, 4) is 0 Å². The molecule has 0 amide bonds. The number of ether oxygens (including phenoxy) is 1. The van der Waals surface area contributed by atoms with E-state index in [1.807, 2.05) is 0 Å².